The molecule has 2 heterocycles. The fourth-order valence-electron chi connectivity index (χ4n) is 4.02. The average molecular weight is 546 g/mol. The molecule has 2 N–H and O–H groups in total. The van der Waals surface area contributed by atoms with Gasteiger partial charge in [-0.25, -0.2) is 0 Å². The number of hydrogen-bond donors (Lipinski definition) is 2. The maximum Gasteiger partial charge on any atom is 0.433 e. The van der Waals surface area contributed by atoms with Crippen molar-refractivity contribution >= 4 is 34.6 Å². The number of ketones is 1. The molecule has 0 bridgehead atoms. The number of benzene rings is 2. The number of nitrogens with zero attached hydrogens (tertiary/aromatic N) is 2. The third-order valence-electron chi connectivity index (χ3n) is 6.04. The first-order valence-electron chi connectivity index (χ1n) is 12.4. The predicted molar refractivity (Wildman–Crippen MR) is 147 cm³/mol. The number of pyridine rings is 1. The molecule has 0 atom stereocenters. The molecule has 206 valence electrons. The fraction of sp³-hybridized carbons (Fsp3) is 0.207. The van der Waals surface area contributed by atoms with E-state index in [9.17, 15) is 24.5 Å². The summed E-state index contributed by atoms with van der Waals surface area (Å²) in [7, 11) is 0. The number of nitrogens with one attached hydrogen (secondary N) is 1. The van der Waals surface area contributed by atoms with Gasteiger partial charge in [-0.2, -0.15) is 0 Å². The summed E-state index contributed by atoms with van der Waals surface area (Å²) < 4.78 is 12.0. The molecule has 4 aromatic rings. The number of ether oxygens (including phenoxy) is 1. The number of amides is 1. The van der Waals surface area contributed by atoms with E-state index in [4.69, 9.17) is 14.3 Å². The van der Waals surface area contributed by atoms with Crippen molar-refractivity contribution in [3.63, 3.8) is 0 Å². The number of nitro groups is 1. The number of aliphatic hydroxyl groups excluding tert-OH is 1. The Hall–Kier alpha value is -4.87. The molecule has 1 amide bonds. The van der Waals surface area contributed by atoms with Gasteiger partial charge in [0.05, 0.1) is 31.4 Å². The molecule has 0 saturated carbocycles. The molecule has 0 saturated heterocycles. The maximum absolute atomic E-state index is 13.4. The van der Waals surface area contributed by atoms with Gasteiger partial charge in [0.2, 0.25) is 5.43 Å². The maximum atomic E-state index is 13.4. The molecule has 2 aromatic heterocycles. The van der Waals surface area contributed by atoms with Crippen LogP contribution in [0, 0.1) is 17.0 Å². The third kappa shape index (κ3) is 6.76. The SMILES string of the molecule is Cc1ccc(Cn2cc(C(=O)NCCOCCO)c(=O)c3cc(C(=O)/C=C/c4ccc([N+](=O)[O-])o4)ccc32)cc1. The number of aliphatic hydroxyl groups is 1. The lowest BCUT2D eigenvalue weighted by Gasteiger charge is -2.15. The van der Waals surface area contributed by atoms with Crippen LogP contribution in [-0.4, -0.2) is 52.7 Å². The van der Waals surface area contributed by atoms with Gasteiger partial charge in [0.25, 0.3) is 5.91 Å². The molecule has 11 heteroatoms. The average Bonchev–Trinajstić information content (AvgIpc) is 3.43. The lowest BCUT2D eigenvalue weighted by molar-refractivity contribution is -0.402. The van der Waals surface area contributed by atoms with E-state index in [1.54, 1.807) is 16.7 Å². The Bertz CT molecular complexity index is 1630. The van der Waals surface area contributed by atoms with Gasteiger partial charge in [-0.1, -0.05) is 29.8 Å². The summed E-state index contributed by atoms with van der Waals surface area (Å²) in [6.45, 7) is 2.66. The van der Waals surface area contributed by atoms with Crippen LogP contribution in [0.15, 0.2) is 76.1 Å². The van der Waals surface area contributed by atoms with Crippen molar-refractivity contribution in [2.24, 2.45) is 0 Å². The van der Waals surface area contributed by atoms with Crippen molar-refractivity contribution < 1.29 is 28.8 Å². The van der Waals surface area contributed by atoms with Crippen LogP contribution in [-0.2, 0) is 11.3 Å². The van der Waals surface area contributed by atoms with Crippen LogP contribution in [0.1, 0.15) is 37.6 Å². The largest absolute Gasteiger partial charge is 0.433 e. The zero-order valence-electron chi connectivity index (χ0n) is 21.7. The quantitative estimate of drug-likeness (QED) is 0.0902. The molecule has 11 nitrogen and oxygen atoms in total. The van der Waals surface area contributed by atoms with Gasteiger partial charge in [-0.3, -0.25) is 24.5 Å². The first kappa shape index (κ1) is 28.1. The number of allylic oxidation sites excluding steroid dienone is 1. The molecule has 0 aliphatic rings. The number of furan rings is 1. The summed E-state index contributed by atoms with van der Waals surface area (Å²) in [5.41, 5.74) is 2.15. The molecule has 0 fully saturated rings. The van der Waals surface area contributed by atoms with Crippen molar-refractivity contribution in [3.8, 4) is 0 Å². The van der Waals surface area contributed by atoms with Crippen LogP contribution in [0.2, 0.25) is 0 Å². The molecular weight excluding hydrogens is 518 g/mol. The second-order valence-corrected chi connectivity index (χ2v) is 8.94. The molecule has 4 rings (SSSR count). The summed E-state index contributed by atoms with van der Waals surface area (Å²) >= 11 is 0. The summed E-state index contributed by atoms with van der Waals surface area (Å²) in [5, 5.41) is 22.5. The van der Waals surface area contributed by atoms with E-state index in [0.29, 0.717) is 12.1 Å². The van der Waals surface area contributed by atoms with Gasteiger partial charge in [0, 0.05) is 30.2 Å². The Morgan fingerprint density at radius 3 is 2.60 bits per heavy atom. The third-order valence-corrected chi connectivity index (χ3v) is 6.04. The molecule has 0 radical (unpaired) electrons. The highest BCUT2D eigenvalue weighted by Crippen LogP contribution is 2.20. The van der Waals surface area contributed by atoms with Crippen LogP contribution in [0.3, 0.4) is 0 Å². The Morgan fingerprint density at radius 1 is 1.12 bits per heavy atom. The normalized spacial score (nSPS) is 11.2. The smallest absolute Gasteiger partial charge is 0.401 e. The van der Waals surface area contributed by atoms with Gasteiger partial charge in [0.15, 0.2) is 5.78 Å². The van der Waals surface area contributed by atoms with Gasteiger partial charge >= 0.3 is 5.88 Å². The van der Waals surface area contributed by atoms with Crippen molar-refractivity contribution in [1.29, 1.82) is 0 Å². The molecular formula is C29H27N3O8. The summed E-state index contributed by atoms with van der Waals surface area (Å²) in [6, 6.07) is 15.1. The van der Waals surface area contributed by atoms with Crippen LogP contribution < -0.4 is 10.7 Å². The minimum absolute atomic E-state index is 0.0928. The topological polar surface area (TPSA) is 154 Å². The number of aryl methyl sites for hydroxylation is 1. The number of carbonyl (C=O) groups is 2. The first-order chi connectivity index (χ1) is 19.3. The van der Waals surface area contributed by atoms with E-state index in [-0.39, 0.29) is 48.6 Å². The van der Waals surface area contributed by atoms with Gasteiger partial charge in [-0.15, -0.1) is 0 Å². The fourth-order valence-corrected chi connectivity index (χ4v) is 4.02. The van der Waals surface area contributed by atoms with Crippen LogP contribution in [0.25, 0.3) is 17.0 Å². The van der Waals surface area contributed by atoms with Crippen molar-refractivity contribution in [1.82, 2.24) is 9.88 Å². The molecule has 0 aliphatic carbocycles. The summed E-state index contributed by atoms with van der Waals surface area (Å²) in [6.07, 6.45) is 4.00. The van der Waals surface area contributed by atoms with E-state index in [2.05, 4.69) is 5.32 Å². The highest BCUT2D eigenvalue weighted by molar-refractivity contribution is 6.08. The van der Waals surface area contributed by atoms with Crippen molar-refractivity contribution in [2.45, 2.75) is 13.5 Å². The Balaban J connectivity index is 1.68. The molecule has 0 unspecified atom stereocenters. The zero-order chi connectivity index (χ0) is 28.6. The summed E-state index contributed by atoms with van der Waals surface area (Å²) in [4.78, 5) is 49.4. The lowest BCUT2D eigenvalue weighted by Crippen LogP contribution is -2.32. The van der Waals surface area contributed by atoms with E-state index in [1.165, 1.54) is 36.5 Å². The second-order valence-electron chi connectivity index (χ2n) is 8.94. The Labute approximate surface area is 228 Å². The van der Waals surface area contributed by atoms with E-state index in [0.717, 1.165) is 11.1 Å². The van der Waals surface area contributed by atoms with E-state index in [1.807, 2.05) is 31.2 Å². The number of carbonyl (C=O) groups excluding carboxylic acids is 2. The number of rotatable bonds is 12. The molecule has 2 aromatic carbocycles. The number of fused-ring (bicyclic) bond motifs is 1. The molecule has 0 aliphatic heterocycles. The number of hydrogen-bond acceptors (Lipinski definition) is 8. The second kappa shape index (κ2) is 12.8. The Morgan fingerprint density at radius 2 is 1.90 bits per heavy atom. The van der Waals surface area contributed by atoms with Crippen LogP contribution in [0.4, 0.5) is 5.88 Å². The predicted octanol–water partition coefficient (Wildman–Crippen LogP) is 3.49. The first-order valence-corrected chi connectivity index (χ1v) is 12.4. The van der Waals surface area contributed by atoms with Gasteiger partial charge < -0.3 is 24.1 Å². The van der Waals surface area contributed by atoms with Crippen LogP contribution >= 0.6 is 0 Å². The molecule has 40 heavy (non-hydrogen) atoms. The minimum Gasteiger partial charge on any atom is -0.401 e. The Kier molecular flexibility index (Phi) is 9.00. The number of aromatic nitrogens is 1. The lowest BCUT2D eigenvalue weighted by atomic mass is 10.0. The van der Waals surface area contributed by atoms with Crippen LogP contribution in [0.5, 0.6) is 0 Å². The minimum atomic E-state index is -0.681. The van der Waals surface area contributed by atoms with E-state index < -0.39 is 27.9 Å². The van der Waals surface area contributed by atoms with Crippen molar-refractivity contribution in [2.75, 3.05) is 26.4 Å². The summed E-state index contributed by atoms with van der Waals surface area (Å²) in [5.74, 6) is -1.37. The standard InChI is InChI=1S/C29H27N3O8/c1-19-2-4-20(5-3-19)17-31-18-24(29(36)30-12-14-39-15-13-33)28(35)23-16-21(6-9-25(23)31)26(34)10-7-22-8-11-27(40-22)32(37)38/h2-11,16,18,33H,12-15,17H2,1H3,(H,30,36)/b10-7+. The van der Waals surface area contributed by atoms with Gasteiger partial charge in [0.1, 0.15) is 16.2 Å². The monoisotopic (exact) mass is 545 g/mol. The van der Waals surface area contributed by atoms with Crippen molar-refractivity contribution in [3.05, 3.63) is 115 Å². The van der Waals surface area contributed by atoms with E-state index >= 15 is 0 Å². The van der Waals surface area contributed by atoms with Gasteiger partial charge in [-0.05, 0) is 48.9 Å². The highest BCUT2D eigenvalue weighted by atomic mass is 16.6. The zero-order valence-corrected chi connectivity index (χ0v) is 21.7. The molecule has 0 spiro atoms. The highest BCUT2D eigenvalue weighted by Gasteiger charge is 2.17.